The predicted octanol–water partition coefficient (Wildman–Crippen LogP) is 4.26. The van der Waals surface area contributed by atoms with E-state index in [1.165, 1.54) is 24.3 Å². The number of hydrogen-bond acceptors (Lipinski definition) is 5. The largest absolute Gasteiger partial charge is 0.481 e. The van der Waals surface area contributed by atoms with Gasteiger partial charge in [0.1, 0.15) is 5.60 Å². The van der Waals surface area contributed by atoms with Gasteiger partial charge in [0.25, 0.3) is 5.92 Å². The fourth-order valence-corrected chi connectivity index (χ4v) is 2.86. The summed E-state index contributed by atoms with van der Waals surface area (Å²) in [7, 11) is 1.39. The monoisotopic (exact) mass is 383 g/mol. The number of ether oxygens (including phenoxy) is 2. The van der Waals surface area contributed by atoms with Crippen LogP contribution in [-0.2, 0) is 11.3 Å². The summed E-state index contributed by atoms with van der Waals surface area (Å²) in [6.45, 7) is 4.79. The molecule has 1 aromatic rings. The molecule has 1 aliphatic rings. The normalized spacial score (nSPS) is 19.2. The smallest absolute Gasteiger partial charge is 0.410 e. The third kappa shape index (κ3) is 5.19. The number of methoxy groups -OCH3 is 1. The Bertz CT molecular complexity index is 745. The van der Waals surface area contributed by atoms with E-state index in [1.807, 2.05) is 0 Å². The highest BCUT2D eigenvalue weighted by Gasteiger charge is 2.47. The molecule has 0 aromatic carbocycles. The van der Waals surface area contributed by atoms with Gasteiger partial charge in [-0.2, -0.15) is 0 Å². The Morgan fingerprint density at radius 1 is 1.52 bits per heavy atom. The number of azide groups is 1. The van der Waals surface area contributed by atoms with Gasteiger partial charge in [-0.05, 0) is 37.9 Å². The Balaban J connectivity index is 2.30. The first-order chi connectivity index (χ1) is 12.6. The second-order valence-electron chi connectivity index (χ2n) is 7.32. The van der Waals surface area contributed by atoms with Gasteiger partial charge in [-0.15, -0.1) is 0 Å². The van der Waals surface area contributed by atoms with Crippen molar-refractivity contribution < 1.29 is 23.0 Å². The molecular formula is C17H23F2N5O3. The van der Waals surface area contributed by atoms with Crippen LogP contribution in [0.25, 0.3) is 10.4 Å². The van der Waals surface area contributed by atoms with Crippen molar-refractivity contribution in [3.8, 4) is 5.88 Å². The average molecular weight is 383 g/mol. The van der Waals surface area contributed by atoms with Gasteiger partial charge in [0.2, 0.25) is 5.88 Å². The van der Waals surface area contributed by atoms with Crippen LogP contribution in [0.1, 0.15) is 44.2 Å². The number of rotatable bonds is 4. The number of carbonyl (C=O) groups is 1. The number of nitrogens with zero attached hydrogens (tertiary/aromatic N) is 5. The minimum Gasteiger partial charge on any atom is -0.481 e. The van der Waals surface area contributed by atoms with Crippen LogP contribution in [0, 0.1) is 0 Å². The number of likely N-dealkylation sites (tertiary alicyclic amines) is 1. The SMILES string of the molecule is COc1ncc([C@H]2CN(C(=O)OC(C)(C)C)CCC2(F)F)cc1CN=[N+]=[N-]. The Kier molecular flexibility index (Phi) is 6.10. The number of amides is 1. The summed E-state index contributed by atoms with van der Waals surface area (Å²) in [6.07, 6.45) is 0.197. The Morgan fingerprint density at radius 2 is 2.22 bits per heavy atom. The second-order valence-corrected chi connectivity index (χ2v) is 7.32. The van der Waals surface area contributed by atoms with Crippen LogP contribution in [0.15, 0.2) is 17.4 Å². The molecular weight excluding hydrogens is 360 g/mol. The molecule has 0 bridgehead atoms. The van der Waals surface area contributed by atoms with Gasteiger partial charge < -0.3 is 14.4 Å². The molecule has 1 fully saturated rings. The second kappa shape index (κ2) is 7.96. The van der Waals surface area contributed by atoms with Gasteiger partial charge in [-0.25, -0.2) is 18.6 Å². The van der Waals surface area contributed by atoms with Crippen molar-refractivity contribution in [2.45, 2.75) is 51.2 Å². The highest BCUT2D eigenvalue weighted by Crippen LogP contribution is 2.41. The van der Waals surface area contributed by atoms with Crippen LogP contribution in [0.4, 0.5) is 13.6 Å². The van der Waals surface area contributed by atoms with E-state index in [1.54, 1.807) is 20.8 Å². The zero-order chi connectivity index (χ0) is 20.2. The van der Waals surface area contributed by atoms with E-state index in [-0.39, 0.29) is 31.1 Å². The third-order valence-corrected chi connectivity index (χ3v) is 4.13. The molecule has 1 aromatic heterocycles. The summed E-state index contributed by atoms with van der Waals surface area (Å²) in [4.78, 5) is 20.3. The van der Waals surface area contributed by atoms with Crippen LogP contribution in [-0.4, -0.2) is 47.7 Å². The van der Waals surface area contributed by atoms with Gasteiger partial charge in [0.05, 0.1) is 19.6 Å². The lowest BCUT2D eigenvalue weighted by Crippen LogP contribution is -2.49. The number of aromatic nitrogens is 1. The quantitative estimate of drug-likeness (QED) is 0.440. The molecule has 1 aliphatic heterocycles. The zero-order valence-electron chi connectivity index (χ0n) is 15.8. The lowest BCUT2D eigenvalue weighted by molar-refractivity contribution is -0.0772. The van der Waals surface area contributed by atoms with E-state index in [4.69, 9.17) is 15.0 Å². The van der Waals surface area contributed by atoms with Gasteiger partial charge in [0.15, 0.2) is 0 Å². The molecule has 0 unspecified atom stereocenters. The molecule has 148 valence electrons. The standard InChI is InChI=1S/C17H23F2N5O3/c1-16(2,3)27-15(25)24-6-5-17(18,19)13(10-24)11-7-12(9-22-23-20)14(26-4)21-8-11/h7-8,13H,5-6,9-10H2,1-4H3/t13-/m1/s1. The van der Waals surface area contributed by atoms with E-state index in [0.29, 0.717) is 5.56 Å². The molecule has 0 N–H and O–H groups in total. The first kappa shape index (κ1) is 20.7. The van der Waals surface area contributed by atoms with E-state index < -0.39 is 30.0 Å². The summed E-state index contributed by atoms with van der Waals surface area (Å²) in [5.74, 6) is -4.05. The molecule has 0 spiro atoms. The van der Waals surface area contributed by atoms with Crippen molar-refractivity contribution in [1.29, 1.82) is 0 Å². The van der Waals surface area contributed by atoms with Gasteiger partial charge in [-0.3, -0.25) is 0 Å². The van der Waals surface area contributed by atoms with Crippen molar-refractivity contribution in [3.63, 3.8) is 0 Å². The fraction of sp³-hybridized carbons (Fsp3) is 0.647. The number of halogens is 2. The third-order valence-electron chi connectivity index (χ3n) is 4.13. The molecule has 0 aliphatic carbocycles. The summed E-state index contributed by atoms with van der Waals surface area (Å²) >= 11 is 0. The van der Waals surface area contributed by atoms with Gasteiger partial charge in [-0.1, -0.05) is 5.11 Å². The summed E-state index contributed by atoms with van der Waals surface area (Å²) < 4.78 is 39.5. The minimum absolute atomic E-state index is 0.0748. The highest BCUT2D eigenvalue weighted by atomic mass is 19.3. The molecule has 2 heterocycles. The lowest BCUT2D eigenvalue weighted by atomic mass is 9.87. The maximum Gasteiger partial charge on any atom is 0.410 e. The summed E-state index contributed by atoms with van der Waals surface area (Å²) in [5, 5.41) is 3.45. The number of carbonyl (C=O) groups excluding carboxylic acids is 1. The average Bonchev–Trinajstić information content (AvgIpc) is 2.57. The van der Waals surface area contributed by atoms with Crippen LogP contribution in [0.5, 0.6) is 5.88 Å². The van der Waals surface area contributed by atoms with Crippen molar-refractivity contribution in [1.82, 2.24) is 9.88 Å². The Labute approximate surface area is 156 Å². The Morgan fingerprint density at radius 3 is 2.81 bits per heavy atom. The number of piperidine rings is 1. The maximum atomic E-state index is 14.6. The van der Waals surface area contributed by atoms with Crippen LogP contribution in [0.3, 0.4) is 0 Å². The first-order valence-corrected chi connectivity index (χ1v) is 8.47. The van der Waals surface area contributed by atoms with Gasteiger partial charge >= 0.3 is 6.09 Å². The predicted molar refractivity (Wildman–Crippen MR) is 93.8 cm³/mol. The van der Waals surface area contributed by atoms with E-state index >= 15 is 0 Å². The molecule has 0 saturated carbocycles. The molecule has 1 atom stereocenters. The molecule has 8 nitrogen and oxygen atoms in total. The van der Waals surface area contributed by atoms with Crippen LogP contribution >= 0.6 is 0 Å². The Hall–Kier alpha value is -2.61. The van der Waals surface area contributed by atoms with E-state index in [0.717, 1.165) is 0 Å². The zero-order valence-corrected chi connectivity index (χ0v) is 15.8. The van der Waals surface area contributed by atoms with Crippen molar-refractivity contribution in [3.05, 3.63) is 33.8 Å². The van der Waals surface area contributed by atoms with Crippen molar-refractivity contribution >= 4 is 6.09 Å². The molecule has 0 radical (unpaired) electrons. The molecule has 1 saturated heterocycles. The molecule has 2 rings (SSSR count). The van der Waals surface area contributed by atoms with Crippen LogP contribution in [0.2, 0.25) is 0 Å². The van der Waals surface area contributed by atoms with Crippen molar-refractivity contribution in [2.24, 2.45) is 5.11 Å². The summed E-state index contributed by atoms with van der Waals surface area (Å²) in [5.41, 5.74) is 8.44. The van der Waals surface area contributed by atoms with Gasteiger partial charge in [0, 0.05) is 36.2 Å². The van der Waals surface area contributed by atoms with E-state index in [9.17, 15) is 13.6 Å². The number of pyridine rings is 1. The minimum atomic E-state index is -3.01. The van der Waals surface area contributed by atoms with Crippen LogP contribution < -0.4 is 4.74 Å². The highest BCUT2D eigenvalue weighted by molar-refractivity contribution is 5.68. The number of hydrogen-bond donors (Lipinski definition) is 0. The van der Waals surface area contributed by atoms with E-state index in [2.05, 4.69) is 15.0 Å². The molecule has 10 heteroatoms. The molecule has 1 amide bonds. The summed E-state index contributed by atoms with van der Waals surface area (Å²) in [6, 6.07) is 1.48. The van der Waals surface area contributed by atoms with Crippen molar-refractivity contribution in [2.75, 3.05) is 20.2 Å². The fourth-order valence-electron chi connectivity index (χ4n) is 2.86. The lowest BCUT2D eigenvalue weighted by Gasteiger charge is -2.39. The topological polar surface area (TPSA) is 100 Å². The number of alkyl halides is 2. The maximum absolute atomic E-state index is 14.6. The molecule has 27 heavy (non-hydrogen) atoms. The first-order valence-electron chi connectivity index (χ1n) is 8.47.